The van der Waals surface area contributed by atoms with Crippen LogP contribution in [0, 0.1) is 0 Å². The summed E-state index contributed by atoms with van der Waals surface area (Å²) in [5.41, 5.74) is 0. The molecule has 1 atom stereocenters. The van der Waals surface area contributed by atoms with Crippen molar-refractivity contribution in [3.63, 3.8) is 0 Å². The number of hydrogen-bond donors (Lipinski definition) is 1. The lowest BCUT2D eigenvalue weighted by Crippen LogP contribution is -2.14. The van der Waals surface area contributed by atoms with Crippen LogP contribution >= 0.6 is 0 Å². The van der Waals surface area contributed by atoms with Crippen LogP contribution in [0.25, 0.3) is 0 Å². The molecule has 1 amide bonds. The van der Waals surface area contributed by atoms with Crippen LogP contribution in [0.15, 0.2) is 11.5 Å². The molecule has 52 valence electrons. The molecule has 0 aliphatic rings. The van der Waals surface area contributed by atoms with Gasteiger partial charge in [0.05, 0.1) is 0 Å². The van der Waals surface area contributed by atoms with E-state index in [1.54, 1.807) is 0 Å². The quantitative estimate of drug-likeness (QED) is 0.541. The van der Waals surface area contributed by atoms with Gasteiger partial charge in [-0.1, -0.05) is 0 Å². The van der Waals surface area contributed by atoms with E-state index >= 15 is 0 Å². The van der Waals surface area contributed by atoms with Crippen molar-refractivity contribution < 1.29 is 9.00 Å². The molecule has 0 saturated carbocycles. The summed E-state index contributed by atoms with van der Waals surface area (Å²) < 4.78 is 10.3. The third-order valence-electron chi connectivity index (χ3n) is 0.657. The minimum absolute atomic E-state index is 0.231. The highest BCUT2D eigenvalue weighted by atomic mass is 32.2. The topological polar surface area (TPSA) is 46.2 Å². The maximum Gasteiger partial charge on any atom is 0.244 e. The first-order valence-electron chi connectivity index (χ1n) is 2.39. The third kappa shape index (κ3) is 5.23. The molecule has 3 nitrogen and oxygen atoms in total. The van der Waals surface area contributed by atoms with E-state index in [0.717, 1.165) is 0 Å². The SMILES string of the molecule is CNC(=O)/C=C/[S@@](C)=O. The summed E-state index contributed by atoms with van der Waals surface area (Å²) in [6.45, 7) is 0. The van der Waals surface area contributed by atoms with Crippen LogP contribution in [-0.2, 0) is 15.6 Å². The van der Waals surface area contributed by atoms with E-state index in [4.69, 9.17) is 0 Å². The van der Waals surface area contributed by atoms with Gasteiger partial charge in [0.2, 0.25) is 5.91 Å². The molecular formula is C5H9NO2S. The van der Waals surface area contributed by atoms with Gasteiger partial charge in [0.15, 0.2) is 0 Å². The van der Waals surface area contributed by atoms with Crippen molar-refractivity contribution in [3.8, 4) is 0 Å². The Morgan fingerprint density at radius 1 is 1.67 bits per heavy atom. The summed E-state index contributed by atoms with van der Waals surface area (Å²) in [6.07, 6.45) is 2.75. The largest absolute Gasteiger partial charge is 0.356 e. The summed E-state index contributed by atoms with van der Waals surface area (Å²) in [6, 6.07) is 0. The van der Waals surface area contributed by atoms with Gasteiger partial charge in [-0.3, -0.25) is 9.00 Å². The van der Waals surface area contributed by atoms with Crippen LogP contribution in [0.2, 0.25) is 0 Å². The summed E-state index contributed by atoms with van der Waals surface area (Å²) in [5, 5.41) is 3.69. The molecule has 4 heteroatoms. The Morgan fingerprint density at radius 3 is 2.56 bits per heavy atom. The average Bonchev–Trinajstić information content (AvgIpc) is 1.83. The summed E-state index contributed by atoms with van der Waals surface area (Å²) in [4.78, 5) is 10.4. The number of carbonyl (C=O) groups excluding carboxylic acids is 1. The van der Waals surface area contributed by atoms with Gasteiger partial charge in [0.25, 0.3) is 0 Å². The van der Waals surface area contributed by atoms with Crippen LogP contribution < -0.4 is 5.32 Å². The monoisotopic (exact) mass is 147 g/mol. The molecule has 0 heterocycles. The second-order valence-electron chi connectivity index (χ2n) is 1.42. The van der Waals surface area contributed by atoms with Crippen molar-refractivity contribution in [2.75, 3.05) is 13.3 Å². The minimum Gasteiger partial charge on any atom is -0.356 e. The third-order valence-corrected chi connectivity index (χ3v) is 1.18. The van der Waals surface area contributed by atoms with Crippen molar-refractivity contribution in [2.45, 2.75) is 0 Å². The second-order valence-corrected chi connectivity index (χ2v) is 2.68. The van der Waals surface area contributed by atoms with Gasteiger partial charge in [0.1, 0.15) is 0 Å². The number of rotatable bonds is 2. The summed E-state index contributed by atoms with van der Waals surface area (Å²) >= 11 is 0. The minimum atomic E-state index is -1.03. The van der Waals surface area contributed by atoms with E-state index in [9.17, 15) is 9.00 Å². The normalized spacial score (nSPS) is 13.6. The highest BCUT2D eigenvalue weighted by molar-refractivity contribution is 7.87. The highest BCUT2D eigenvalue weighted by Gasteiger charge is 1.86. The molecule has 0 saturated heterocycles. The maximum absolute atomic E-state index is 10.4. The fraction of sp³-hybridized carbons (Fsp3) is 0.400. The molecule has 0 radical (unpaired) electrons. The molecule has 0 rings (SSSR count). The van der Waals surface area contributed by atoms with E-state index < -0.39 is 10.8 Å². The Labute approximate surface area is 56.6 Å². The lowest BCUT2D eigenvalue weighted by atomic mass is 10.6. The number of hydrogen-bond acceptors (Lipinski definition) is 2. The van der Waals surface area contributed by atoms with Crippen molar-refractivity contribution >= 4 is 16.7 Å². The maximum atomic E-state index is 10.4. The smallest absolute Gasteiger partial charge is 0.244 e. The highest BCUT2D eigenvalue weighted by Crippen LogP contribution is 1.76. The Morgan fingerprint density at radius 2 is 2.22 bits per heavy atom. The van der Waals surface area contributed by atoms with Gasteiger partial charge in [-0.15, -0.1) is 0 Å². The molecule has 0 aliphatic carbocycles. The number of carbonyl (C=O) groups is 1. The zero-order valence-electron chi connectivity index (χ0n) is 5.38. The van der Waals surface area contributed by atoms with E-state index in [-0.39, 0.29) is 5.91 Å². The van der Waals surface area contributed by atoms with Crippen LogP contribution in [0.1, 0.15) is 0 Å². The lowest BCUT2D eigenvalue weighted by molar-refractivity contribution is -0.116. The van der Waals surface area contributed by atoms with Crippen molar-refractivity contribution in [1.82, 2.24) is 5.32 Å². The predicted molar refractivity (Wildman–Crippen MR) is 37.3 cm³/mol. The van der Waals surface area contributed by atoms with Gasteiger partial charge >= 0.3 is 0 Å². The first-order chi connectivity index (χ1) is 4.16. The molecular weight excluding hydrogens is 138 g/mol. The molecule has 0 aliphatic heterocycles. The fourth-order valence-corrected chi connectivity index (χ4v) is 0.556. The first kappa shape index (κ1) is 8.36. The second kappa shape index (κ2) is 4.26. The predicted octanol–water partition coefficient (Wildman–Crippen LogP) is -0.375. The van der Waals surface area contributed by atoms with E-state index in [0.29, 0.717) is 0 Å². The lowest BCUT2D eigenvalue weighted by Gasteiger charge is -1.86. The number of amides is 1. The Kier molecular flexibility index (Phi) is 3.96. The fourth-order valence-electron chi connectivity index (χ4n) is 0.241. The van der Waals surface area contributed by atoms with Crippen LogP contribution in [0.4, 0.5) is 0 Å². The van der Waals surface area contributed by atoms with Crippen LogP contribution in [-0.4, -0.2) is 23.4 Å². The number of nitrogens with one attached hydrogen (secondary N) is 1. The van der Waals surface area contributed by atoms with E-state index in [1.807, 2.05) is 0 Å². The molecule has 0 aromatic heterocycles. The average molecular weight is 147 g/mol. The zero-order valence-corrected chi connectivity index (χ0v) is 6.20. The molecule has 0 aromatic rings. The van der Waals surface area contributed by atoms with Crippen molar-refractivity contribution in [2.24, 2.45) is 0 Å². The molecule has 0 bridgehead atoms. The van der Waals surface area contributed by atoms with Gasteiger partial charge in [-0.05, 0) is 0 Å². The van der Waals surface area contributed by atoms with Crippen LogP contribution in [0.5, 0.6) is 0 Å². The summed E-state index contributed by atoms with van der Waals surface area (Å²) in [7, 11) is 0.490. The molecule has 0 aromatic carbocycles. The molecule has 1 N–H and O–H groups in total. The van der Waals surface area contributed by atoms with Crippen molar-refractivity contribution in [3.05, 3.63) is 11.5 Å². The molecule has 0 spiro atoms. The van der Waals surface area contributed by atoms with E-state index in [1.165, 1.54) is 24.8 Å². The van der Waals surface area contributed by atoms with Gasteiger partial charge in [0, 0.05) is 35.6 Å². The van der Waals surface area contributed by atoms with Gasteiger partial charge < -0.3 is 5.32 Å². The number of likely N-dealkylation sites (N-methyl/N-ethyl adjacent to an activating group) is 1. The van der Waals surface area contributed by atoms with Crippen molar-refractivity contribution in [1.29, 1.82) is 0 Å². The van der Waals surface area contributed by atoms with E-state index in [2.05, 4.69) is 5.32 Å². The Balaban J connectivity index is 3.71. The Hall–Kier alpha value is -0.640. The molecule has 0 fully saturated rings. The molecule has 0 unspecified atom stereocenters. The first-order valence-corrected chi connectivity index (χ1v) is 4.01. The van der Waals surface area contributed by atoms with Gasteiger partial charge in [-0.2, -0.15) is 0 Å². The van der Waals surface area contributed by atoms with Crippen LogP contribution in [0.3, 0.4) is 0 Å². The molecule has 9 heavy (non-hydrogen) atoms. The zero-order chi connectivity index (χ0) is 7.28. The summed E-state index contributed by atoms with van der Waals surface area (Å²) in [5.74, 6) is -0.231. The Bertz CT molecular complexity index is 153. The van der Waals surface area contributed by atoms with Gasteiger partial charge in [-0.25, -0.2) is 0 Å². The standard InChI is InChI=1S/C5H9NO2S/c1-6-5(7)3-4-9(2)8/h3-4H,1-2H3,(H,6,7)/b4-3+/t9-/m1/s1.